The van der Waals surface area contributed by atoms with Crippen molar-refractivity contribution in [2.24, 2.45) is 0 Å². The van der Waals surface area contributed by atoms with Crippen LogP contribution in [0, 0.1) is 5.82 Å². The molecule has 1 aliphatic heterocycles. The molecule has 0 radical (unpaired) electrons. The van der Waals surface area contributed by atoms with E-state index in [9.17, 15) is 9.18 Å². The lowest BCUT2D eigenvalue weighted by atomic mass is 9.99. The summed E-state index contributed by atoms with van der Waals surface area (Å²) in [4.78, 5) is 19.1. The van der Waals surface area contributed by atoms with E-state index in [1.54, 1.807) is 23.5 Å². The number of nitrogens with zero attached hydrogens (tertiary/aromatic N) is 2. The van der Waals surface area contributed by atoms with Crippen LogP contribution in [0.25, 0.3) is 5.57 Å². The summed E-state index contributed by atoms with van der Waals surface area (Å²) in [5.74, 6) is -0.154. The smallest absolute Gasteiger partial charge is 0.228 e. The van der Waals surface area contributed by atoms with Crippen LogP contribution in [0.15, 0.2) is 60.0 Å². The van der Waals surface area contributed by atoms with Crippen LogP contribution in [-0.2, 0) is 17.6 Å². The van der Waals surface area contributed by atoms with Crippen LogP contribution < -0.4 is 0 Å². The average Bonchev–Trinajstić information content (AvgIpc) is 3.15. The summed E-state index contributed by atoms with van der Waals surface area (Å²) in [6.45, 7) is 1.24. The monoisotopic (exact) mass is 426 g/mol. The normalized spacial score (nSPS) is 14.0. The van der Waals surface area contributed by atoms with E-state index in [0.29, 0.717) is 31.0 Å². The number of rotatable bonds is 5. The van der Waals surface area contributed by atoms with Gasteiger partial charge >= 0.3 is 0 Å². The van der Waals surface area contributed by atoms with Gasteiger partial charge in [0.2, 0.25) is 5.91 Å². The fourth-order valence-electron chi connectivity index (χ4n) is 3.42. The second-order valence-corrected chi connectivity index (χ2v) is 8.42. The second-order valence-electron chi connectivity index (χ2n) is 7.04. The van der Waals surface area contributed by atoms with E-state index in [1.807, 2.05) is 34.5 Å². The Morgan fingerprint density at radius 3 is 2.76 bits per heavy atom. The summed E-state index contributed by atoms with van der Waals surface area (Å²) in [7, 11) is 0. The third-order valence-electron chi connectivity index (χ3n) is 4.95. The Kier molecular flexibility index (Phi) is 6.07. The number of thiazole rings is 1. The van der Waals surface area contributed by atoms with Gasteiger partial charge in [0.25, 0.3) is 0 Å². The van der Waals surface area contributed by atoms with Gasteiger partial charge < -0.3 is 4.90 Å². The number of aromatic nitrogens is 1. The number of hydrogen-bond acceptors (Lipinski definition) is 3. The van der Waals surface area contributed by atoms with Crippen LogP contribution in [0.5, 0.6) is 0 Å². The highest BCUT2D eigenvalue weighted by molar-refractivity contribution is 7.09. The van der Waals surface area contributed by atoms with Crippen molar-refractivity contribution < 1.29 is 9.18 Å². The third-order valence-corrected chi connectivity index (χ3v) is 6.09. The van der Waals surface area contributed by atoms with Crippen molar-refractivity contribution in [1.29, 1.82) is 0 Å². The van der Waals surface area contributed by atoms with Gasteiger partial charge in [-0.05, 0) is 47.4 Å². The quantitative estimate of drug-likeness (QED) is 0.548. The summed E-state index contributed by atoms with van der Waals surface area (Å²) in [5.41, 5.74) is 4.10. The number of carbonyl (C=O) groups is 1. The van der Waals surface area contributed by atoms with Gasteiger partial charge in [0, 0.05) is 29.9 Å². The SMILES string of the molecule is O=C(Cc1csc(Cc2cccc(Cl)c2)n1)N1CC=C(c2ccc(F)cc2)CC1. The van der Waals surface area contributed by atoms with Gasteiger partial charge in [-0.1, -0.05) is 41.9 Å². The first kappa shape index (κ1) is 19.8. The lowest BCUT2D eigenvalue weighted by Crippen LogP contribution is -2.35. The molecule has 0 saturated carbocycles. The molecule has 1 aliphatic rings. The van der Waals surface area contributed by atoms with E-state index < -0.39 is 0 Å². The standard InChI is InChI=1S/C23H20ClFN2OS/c24-19-3-1-2-16(12-19)13-22-26-21(15-29-22)14-23(28)27-10-8-18(9-11-27)17-4-6-20(25)7-5-17/h1-8,12,15H,9-11,13-14H2. The molecule has 3 aromatic rings. The zero-order valence-electron chi connectivity index (χ0n) is 15.8. The van der Waals surface area contributed by atoms with Crippen LogP contribution in [-0.4, -0.2) is 28.9 Å². The van der Waals surface area contributed by atoms with Gasteiger partial charge in [-0.25, -0.2) is 9.37 Å². The Hall–Kier alpha value is -2.50. The highest BCUT2D eigenvalue weighted by Gasteiger charge is 2.19. The molecule has 148 valence electrons. The van der Waals surface area contributed by atoms with E-state index in [1.165, 1.54) is 12.1 Å². The van der Waals surface area contributed by atoms with E-state index in [4.69, 9.17) is 11.6 Å². The van der Waals surface area contributed by atoms with E-state index in [2.05, 4.69) is 11.1 Å². The lowest BCUT2D eigenvalue weighted by Gasteiger charge is -2.26. The first-order chi connectivity index (χ1) is 14.1. The van der Waals surface area contributed by atoms with Crippen molar-refractivity contribution in [3.63, 3.8) is 0 Å². The molecule has 6 heteroatoms. The predicted octanol–water partition coefficient (Wildman–Crippen LogP) is 5.38. The van der Waals surface area contributed by atoms with Crippen LogP contribution in [0.2, 0.25) is 5.02 Å². The van der Waals surface area contributed by atoms with E-state index >= 15 is 0 Å². The van der Waals surface area contributed by atoms with Crippen LogP contribution in [0.3, 0.4) is 0 Å². The van der Waals surface area contributed by atoms with Crippen LogP contribution in [0.4, 0.5) is 4.39 Å². The zero-order valence-corrected chi connectivity index (χ0v) is 17.3. The molecule has 0 spiro atoms. The van der Waals surface area contributed by atoms with Crippen molar-refractivity contribution >= 4 is 34.4 Å². The molecule has 0 bridgehead atoms. The van der Waals surface area contributed by atoms with E-state index in [-0.39, 0.29) is 11.7 Å². The fraction of sp³-hybridized carbons (Fsp3) is 0.217. The molecular weight excluding hydrogens is 407 g/mol. The summed E-state index contributed by atoms with van der Waals surface area (Å²) in [6, 6.07) is 14.3. The minimum Gasteiger partial charge on any atom is -0.338 e. The molecule has 3 nitrogen and oxygen atoms in total. The van der Waals surface area contributed by atoms with Crippen molar-refractivity contribution in [2.45, 2.75) is 19.3 Å². The second kappa shape index (κ2) is 8.89. The molecular formula is C23H20ClFN2OS. The van der Waals surface area contributed by atoms with Gasteiger partial charge in [0.05, 0.1) is 17.1 Å². The Labute approximate surface area is 178 Å². The fourth-order valence-corrected chi connectivity index (χ4v) is 4.46. The number of amides is 1. The van der Waals surface area contributed by atoms with Gasteiger partial charge in [0.1, 0.15) is 5.82 Å². The van der Waals surface area contributed by atoms with Crippen LogP contribution in [0.1, 0.15) is 28.2 Å². The average molecular weight is 427 g/mol. The largest absolute Gasteiger partial charge is 0.338 e. The van der Waals surface area contributed by atoms with Crippen molar-refractivity contribution in [3.05, 3.63) is 92.7 Å². The Morgan fingerprint density at radius 2 is 2.03 bits per heavy atom. The molecule has 0 aliphatic carbocycles. The van der Waals surface area contributed by atoms with Gasteiger partial charge in [-0.15, -0.1) is 11.3 Å². The molecule has 0 atom stereocenters. The minimum absolute atomic E-state index is 0.0824. The van der Waals surface area contributed by atoms with Crippen molar-refractivity contribution in [1.82, 2.24) is 9.88 Å². The molecule has 0 N–H and O–H groups in total. The molecule has 4 rings (SSSR count). The van der Waals surface area contributed by atoms with E-state index in [0.717, 1.165) is 33.8 Å². The molecule has 2 aromatic carbocycles. The maximum Gasteiger partial charge on any atom is 0.228 e. The highest BCUT2D eigenvalue weighted by Crippen LogP contribution is 2.23. The maximum atomic E-state index is 13.1. The number of benzene rings is 2. The van der Waals surface area contributed by atoms with Crippen molar-refractivity contribution in [3.8, 4) is 0 Å². The molecule has 29 heavy (non-hydrogen) atoms. The predicted molar refractivity (Wildman–Crippen MR) is 116 cm³/mol. The minimum atomic E-state index is -0.236. The highest BCUT2D eigenvalue weighted by atomic mass is 35.5. The number of halogens is 2. The lowest BCUT2D eigenvalue weighted by molar-refractivity contribution is -0.130. The van der Waals surface area contributed by atoms with Gasteiger partial charge in [0.15, 0.2) is 0 Å². The molecule has 0 saturated heterocycles. The molecule has 1 amide bonds. The summed E-state index contributed by atoms with van der Waals surface area (Å²) in [6.07, 6.45) is 3.85. The molecule has 0 fully saturated rings. The molecule has 0 unspecified atom stereocenters. The van der Waals surface area contributed by atoms with Crippen molar-refractivity contribution in [2.75, 3.05) is 13.1 Å². The summed E-state index contributed by atoms with van der Waals surface area (Å²) in [5, 5.41) is 3.65. The van der Waals surface area contributed by atoms with Gasteiger partial charge in [-0.2, -0.15) is 0 Å². The molecule has 2 heterocycles. The Morgan fingerprint density at radius 1 is 1.21 bits per heavy atom. The third kappa shape index (κ3) is 5.11. The number of carbonyl (C=O) groups excluding carboxylic acids is 1. The van der Waals surface area contributed by atoms with Gasteiger partial charge in [-0.3, -0.25) is 4.79 Å². The Balaban J connectivity index is 1.34. The zero-order chi connectivity index (χ0) is 20.2. The molecule has 1 aromatic heterocycles. The maximum absolute atomic E-state index is 13.1. The summed E-state index contributed by atoms with van der Waals surface area (Å²) >= 11 is 7.61. The van der Waals surface area contributed by atoms with Crippen LogP contribution >= 0.6 is 22.9 Å². The Bertz CT molecular complexity index is 1050. The first-order valence-corrected chi connectivity index (χ1v) is 10.7. The first-order valence-electron chi connectivity index (χ1n) is 9.47. The summed E-state index contributed by atoms with van der Waals surface area (Å²) < 4.78 is 13.1. The number of hydrogen-bond donors (Lipinski definition) is 0. The topological polar surface area (TPSA) is 33.2 Å².